The second kappa shape index (κ2) is 5.91. The molecule has 0 radical (unpaired) electrons. The molecule has 0 aliphatic carbocycles. The summed E-state index contributed by atoms with van der Waals surface area (Å²) in [7, 11) is 0. The zero-order chi connectivity index (χ0) is 15.6. The van der Waals surface area contributed by atoms with Gasteiger partial charge < -0.3 is 5.32 Å². The third kappa shape index (κ3) is 3.37. The minimum atomic E-state index is -0.242. The molecule has 1 heterocycles. The lowest BCUT2D eigenvalue weighted by atomic mass is 10.2. The third-order valence-corrected chi connectivity index (χ3v) is 3.47. The van der Waals surface area contributed by atoms with Crippen molar-refractivity contribution in [2.75, 3.05) is 5.32 Å². The van der Waals surface area contributed by atoms with E-state index in [2.05, 4.69) is 10.3 Å². The fourth-order valence-electron chi connectivity index (χ4n) is 2.06. The maximum atomic E-state index is 12.2. The number of amides is 1. The topological polar surface area (TPSA) is 64.0 Å². The maximum Gasteiger partial charge on any atom is 0.257 e. The molecule has 110 valence electrons. The van der Waals surface area contributed by atoms with Gasteiger partial charge in [0.25, 0.3) is 5.56 Å². The van der Waals surface area contributed by atoms with Gasteiger partial charge in [0.15, 0.2) is 0 Å². The molecule has 0 saturated carbocycles. The van der Waals surface area contributed by atoms with Crippen molar-refractivity contribution in [3.05, 3.63) is 57.3 Å². The molecule has 0 fully saturated rings. The van der Waals surface area contributed by atoms with E-state index in [0.29, 0.717) is 22.8 Å². The third-order valence-electron chi connectivity index (χ3n) is 3.47. The van der Waals surface area contributed by atoms with Crippen molar-refractivity contribution in [1.82, 2.24) is 9.55 Å². The molecular formula is C16H19N3O2. The Kier molecular flexibility index (Phi) is 4.21. The predicted molar refractivity (Wildman–Crippen MR) is 82.5 cm³/mol. The number of aryl methyl sites for hydroxylation is 3. The van der Waals surface area contributed by atoms with Crippen LogP contribution in [0.3, 0.4) is 0 Å². The van der Waals surface area contributed by atoms with E-state index in [4.69, 9.17) is 0 Å². The minimum Gasteiger partial charge on any atom is -0.325 e. The molecule has 5 heteroatoms. The summed E-state index contributed by atoms with van der Waals surface area (Å²) in [6.45, 7) is 7.19. The highest BCUT2D eigenvalue weighted by molar-refractivity contribution is 5.90. The van der Waals surface area contributed by atoms with Crippen LogP contribution in [0.15, 0.2) is 29.1 Å². The van der Waals surface area contributed by atoms with Crippen LogP contribution in [0.25, 0.3) is 0 Å². The van der Waals surface area contributed by atoms with Crippen LogP contribution in [0.5, 0.6) is 0 Å². The Bertz CT molecular complexity index is 730. The normalized spacial score (nSPS) is 10.5. The van der Waals surface area contributed by atoms with Crippen LogP contribution in [0.1, 0.15) is 22.6 Å². The van der Waals surface area contributed by atoms with E-state index in [1.165, 1.54) is 4.57 Å². The molecule has 0 saturated heterocycles. The van der Waals surface area contributed by atoms with Gasteiger partial charge in [-0.05, 0) is 39.8 Å². The summed E-state index contributed by atoms with van der Waals surface area (Å²) in [5.41, 5.74) is 2.95. The number of aromatic nitrogens is 2. The molecule has 2 rings (SSSR count). The zero-order valence-corrected chi connectivity index (χ0v) is 12.7. The lowest BCUT2D eigenvalue weighted by molar-refractivity contribution is -0.116. The summed E-state index contributed by atoms with van der Waals surface area (Å²) in [4.78, 5) is 28.5. The van der Waals surface area contributed by atoms with Crippen LogP contribution in [-0.4, -0.2) is 15.5 Å². The monoisotopic (exact) mass is 285 g/mol. The molecule has 0 aliphatic heterocycles. The van der Waals surface area contributed by atoms with E-state index < -0.39 is 0 Å². The first-order valence-corrected chi connectivity index (χ1v) is 6.79. The fraction of sp³-hybridized carbons (Fsp3) is 0.312. The number of nitrogens with one attached hydrogen (secondary N) is 1. The van der Waals surface area contributed by atoms with Crippen molar-refractivity contribution in [2.45, 2.75) is 34.2 Å². The first-order chi connectivity index (χ1) is 9.88. The van der Waals surface area contributed by atoms with Crippen LogP contribution in [0.4, 0.5) is 5.69 Å². The van der Waals surface area contributed by atoms with Gasteiger partial charge in [-0.1, -0.05) is 17.7 Å². The van der Waals surface area contributed by atoms with Crippen molar-refractivity contribution >= 4 is 11.6 Å². The predicted octanol–water partition coefficient (Wildman–Crippen LogP) is 2.12. The summed E-state index contributed by atoms with van der Waals surface area (Å²) in [6, 6.07) is 7.51. The van der Waals surface area contributed by atoms with Crippen LogP contribution < -0.4 is 10.9 Å². The van der Waals surface area contributed by atoms with Gasteiger partial charge in [-0.25, -0.2) is 4.98 Å². The summed E-state index contributed by atoms with van der Waals surface area (Å²) in [6.07, 6.45) is 0. The molecule has 21 heavy (non-hydrogen) atoms. The molecule has 0 aliphatic rings. The van der Waals surface area contributed by atoms with Gasteiger partial charge in [0.2, 0.25) is 5.91 Å². The largest absolute Gasteiger partial charge is 0.325 e. The molecule has 1 aromatic heterocycles. The number of anilines is 1. The quantitative estimate of drug-likeness (QED) is 0.939. The second-order valence-electron chi connectivity index (χ2n) is 5.17. The molecule has 0 bridgehead atoms. The van der Waals surface area contributed by atoms with Crippen LogP contribution in [0.2, 0.25) is 0 Å². The molecule has 0 spiro atoms. The molecular weight excluding hydrogens is 266 g/mol. The number of rotatable bonds is 3. The van der Waals surface area contributed by atoms with Crippen molar-refractivity contribution in [3.63, 3.8) is 0 Å². The SMILES string of the molecule is Cc1ccc(NC(=O)Cn2c(C)nc(C)c(C)c2=O)cc1. The van der Waals surface area contributed by atoms with E-state index in [-0.39, 0.29) is 18.0 Å². The summed E-state index contributed by atoms with van der Waals surface area (Å²) < 4.78 is 1.39. The van der Waals surface area contributed by atoms with Crippen LogP contribution in [0, 0.1) is 27.7 Å². The van der Waals surface area contributed by atoms with Gasteiger partial charge in [0, 0.05) is 16.9 Å². The Balaban J connectivity index is 2.19. The van der Waals surface area contributed by atoms with E-state index >= 15 is 0 Å². The molecule has 0 unspecified atom stereocenters. The number of carbonyl (C=O) groups excluding carboxylic acids is 1. The van der Waals surface area contributed by atoms with E-state index in [0.717, 1.165) is 5.56 Å². The van der Waals surface area contributed by atoms with Crippen molar-refractivity contribution in [2.24, 2.45) is 0 Å². The summed E-state index contributed by atoms with van der Waals surface area (Å²) in [5.74, 6) is 0.302. The summed E-state index contributed by atoms with van der Waals surface area (Å²) >= 11 is 0. The van der Waals surface area contributed by atoms with Gasteiger partial charge >= 0.3 is 0 Å². The second-order valence-corrected chi connectivity index (χ2v) is 5.17. The average molecular weight is 285 g/mol. The highest BCUT2D eigenvalue weighted by Crippen LogP contribution is 2.08. The maximum absolute atomic E-state index is 12.2. The van der Waals surface area contributed by atoms with E-state index in [1.54, 1.807) is 20.8 Å². The lowest BCUT2D eigenvalue weighted by Gasteiger charge is -2.12. The Morgan fingerprint density at radius 1 is 1.14 bits per heavy atom. The van der Waals surface area contributed by atoms with Crippen molar-refractivity contribution < 1.29 is 4.79 Å². The Labute approximate surface area is 123 Å². The molecule has 1 aromatic carbocycles. The molecule has 0 atom stereocenters. The van der Waals surface area contributed by atoms with Gasteiger partial charge in [-0.2, -0.15) is 0 Å². The fourth-order valence-corrected chi connectivity index (χ4v) is 2.06. The van der Waals surface area contributed by atoms with Crippen LogP contribution >= 0.6 is 0 Å². The van der Waals surface area contributed by atoms with Gasteiger partial charge in [0.05, 0.1) is 0 Å². The Morgan fingerprint density at radius 3 is 2.38 bits per heavy atom. The number of carbonyl (C=O) groups is 1. The van der Waals surface area contributed by atoms with Crippen molar-refractivity contribution in [1.29, 1.82) is 0 Å². The number of benzene rings is 1. The first-order valence-electron chi connectivity index (χ1n) is 6.79. The van der Waals surface area contributed by atoms with Gasteiger partial charge in [0.1, 0.15) is 12.4 Å². The van der Waals surface area contributed by atoms with Crippen molar-refractivity contribution in [3.8, 4) is 0 Å². The molecule has 1 N–H and O–H groups in total. The Hall–Kier alpha value is -2.43. The zero-order valence-electron chi connectivity index (χ0n) is 12.7. The first kappa shape index (κ1) is 15.0. The highest BCUT2D eigenvalue weighted by atomic mass is 16.2. The van der Waals surface area contributed by atoms with E-state index in [9.17, 15) is 9.59 Å². The average Bonchev–Trinajstić information content (AvgIpc) is 2.44. The number of nitrogens with zero attached hydrogens (tertiary/aromatic N) is 2. The molecule has 2 aromatic rings. The number of hydrogen-bond donors (Lipinski definition) is 1. The number of hydrogen-bond acceptors (Lipinski definition) is 3. The molecule has 1 amide bonds. The smallest absolute Gasteiger partial charge is 0.257 e. The van der Waals surface area contributed by atoms with Crippen LogP contribution in [-0.2, 0) is 11.3 Å². The van der Waals surface area contributed by atoms with E-state index in [1.807, 2.05) is 31.2 Å². The highest BCUT2D eigenvalue weighted by Gasteiger charge is 2.11. The summed E-state index contributed by atoms with van der Waals surface area (Å²) in [5, 5.41) is 2.78. The van der Waals surface area contributed by atoms with Gasteiger partial charge in [-0.15, -0.1) is 0 Å². The lowest BCUT2D eigenvalue weighted by Crippen LogP contribution is -2.32. The standard InChI is InChI=1S/C16H19N3O2/c1-10-5-7-14(8-6-10)18-15(20)9-19-13(4)17-12(3)11(2)16(19)21/h5-8H,9H2,1-4H3,(H,18,20). The Morgan fingerprint density at radius 2 is 1.76 bits per heavy atom. The molecule has 5 nitrogen and oxygen atoms in total. The van der Waals surface area contributed by atoms with Gasteiger partial charge in [-0.3, -0.25) is 14.2 Å². The minimum absolute atomic E-state index is 0.0351.